The van der Waals surface area contributed by atoms with Gasteiger partial charge in [-0.05, 0) is 25.3 Å². The van der Waals surface area contributed by atoms with Gasteiger partial charge in [0.05, 0.1) is 18.1 Å². The molecule has 2 aromatic rings. The van der Waals surface area contributed by atoms with Gasteiger partial charge in [-0.2, -0.15) is 0 Å². The maximum absolute atomic E-state index is 13.9. The lowest BCUT2D eigenvalue weighted by molar-refractivity contribution is -0.150. The summed E-state index contributed by atoms with van der Waals surface area (Å²) >= 11 is 0.984. The minimum Gasteiger partial charge on any atom is -0.463 e. The predicted molar refractivity (Wildman–Crippen MR) is 165 cm³/mol. The van der Waals surface area contributed by atoms with E-state index in [1.165, 1.54) is 16.8 Å². The van der Waals surface area contributed by atoms with Crippen LogP contribution in [0.5, 0.6) is 0 Å². The Bertz CT molecular complexity index is 1480. The Kier molecular flexibility index (Phi) is 11.1. The molecule has 7 atom stereocenters. The number of thioether (sulfide) groups is 1. The van der Waals surface area contributed by atoms with Gasteiger partial charge in [0.15, 0.2) is 5.12 Å². The number of nitrogens with one attached hydrogen (secondary N) is 2. The number of carbonyl (C=O) groups is 2. The number of fused-ring (bicyclic) bond motifs is 1. The highest BCUT2D eigenvalue weighted by Gasteiger charge is 2.65. The van der Waals surface area contributed by atoms with Crippen molar-refractivity contribution >= 4 is 30.6 Å². The molecule has 0 spiro atoms. The number of benzene rings is 1. The van der Waals surface area contributed by atoms with E-state index in [1.54, 1.807) is 13.8 Å². The highest BCUT2D eigenvalue weighted by molar-refractivity contribution is 8.13. The lowest BCUT2D eigenvalue weighted by Crippen LogP contribution is -2.39. The molecule has 242 valence electrons. The first kappa shape index (κ1) is 34.3. The molecule has 1 aliphatic heterocycles. The molecular formula is C29H41N4O9PS. The zero-order chi connectivity index (χ0) is 32.2. The molecule has 1 aromatic carbocycles. The molecule has 44 heavy (non-hydrogen) atoms. The third-order valence-electron chi connectivity index (χ3n) is 7.70. The van der Waals surface area contributed by atoms with E-state index in [9.17, 15) is 23.7 Å². The third kappa shape index (κ3) is 8.36. The molecule has 2 aliphatic rings. The molecular weight excluding hydrogens is 611 g/mol. The van der Waals surface area contributed by atoms with E-state index in [4.69, 9.17) is 24.3 Å². The molecule has 2 heterocycles. The van der Waals surface area contributed by atoms with Crippen molar-refractivity contribution in [3.63, 3.8) is 0 Å². The maximum Gasteiger partial charge on any atom is 0.406 e. The lowest BCUT2D eigenvalue weighted by Gasteiger charge is -2.25. The molecule has 15 heteroatoms. The number of nitrogens with two attached hydrogens (primary N) is 1. The fourth-order valence-corrected chi connectivity index (χ4v) is 7.26. The smallest absolute Gasteiger partial charge is 0.406 e. The third-order valence-corrected chi connectivity index (χ3v) is 10.5. The molecule has 4 N–H and O–H groups in total. The molecule has 3 unspecified atom stereocenters. The molecule has 4 rings (SSSR count). The summed E-state index contributed by atoms with van der Waals surface area (Å²) in [6.45, 7) is 8.92. The van der Waals surface area contributed by atoms with Crippen molar-refractivity contribution in [1.82, 2.24) is 14.6 Å². The highest BCUT2D eigenvalue weighted by Crippen LogP contribution is 2.60. The number of nitrogens with zero attached hydrogens (tertiary/aromatic N) is 1. The quantitative estimate of drug-likeness (QED) is 0.146. The number of H-pyrrole nitrogens is 1. The molecule has 1 saturated heterocycles. The fourth-order valence-electron chi connectivity index (χ4n) is 4.82. The Balaban J connectivity index is 1.32. The number of aromatic nitrogens is 2. The average Bonchev–Trinajstić information content (AvgIpc) is 3.53. The summed E-state index contributed by atoms with van der Waals surface area (Å²) in [7, 11) is -3.87. The summed E-state index contributed by atoms with van der Waals surface area (Å²) in [4.78, 5) is 50.9. The van der Waals surface area contributed by atoms with E-state index in [2.05, 4.69) is 10.1 Å². The first-order valence-electron chi connectivity index (χ1n) is 14.5. The molecule has 2 fully saturated rings. The fraction of sp³-hybridized carbons (Fsp3) is 0.586. The van der Waals surface area contributed by atoms with E-state index in [0.717, 1.165) is 17.3 Å². The number of aromatic amines is 1. The number of rotatable bonds is 15. The average molecular weight is 653 g/mol. The Morgan fingerprint density at radius 2 is 1.91 bits per heavy atom. The largest absolute Gasteiger partial charge is 0.463 e. The zero-order valence-electron chi connectivity index (χ0n) is 25.5. The van der Waals surface area contributed by atoms with Gasteiger partial charge in [0.1, 0.15) is 25.0 Å². The molecule has 0 amide bonds. The van der Waals surface area contributed by atoms with Gasteiger partial charge >= 0.3 is 19.4 Å². The first-order valence-corrected chi connectivity index (χ1v) is 17.0. The maximum atomic E-state index is 13.9. The second-order valence-corrected chi connectivity index (χ2v) is 14.9. The Morgan fingerprint density at radius 3 is 2.52 bits per heavy atom. The number of hydrogen-bond acceptors (Lipinski definition) is 11. The van der Waals surface area contributed by atoms with Gasteiger partial charge in [-0.25, -0.2) is 14.4 Å². The predicted octanol–water partition coefficient (Wildman–Crippen LogP) is 2.81. The number of ether oxygens (including phenoxy) is 2. The van der Waals surface area contributed by atoms with E-state index >= 15 is 0 Å². The Labute approximate surface area is 260 Å². The molecule has 13 nitrogen and oxygen atoms in total. The van der Waals surface area contributed by atoms with Crippen molar-refractivity contribution in [3.05, 3.63) is 69.0 Å². The van der Waals surface area contributed by atoms with Crippen molar-refractivity contribution < 1.29 is 32.7 Å². The van der Waals surface area contributed by atoms with Crippen molar-refractivity contribution in [2.24, 2.45) is 28.9 Å². The molecule has 1 aliphatic carbocycles. The van der Waals surface area contributed by atoms with Gasteiger partial charge in [-0.15, -0.1) is 0 Å². The van der Waals surface area contributed by atoms with Crippen LogP contribution in [0, 0.1) is 23.2 Å². The van der Waals surface area contributed by atoms with Crippen LogP contribution in [-0.2, 0) is 39.2 Å². The van der Waals surface area contributed by atoms with Crippen LogP contribution in [0.1, 0.15) is 46.4 Å². The molecule has 0 bridgehead atoms. The van der Waals surface area contributed by atoms with Gasteiger partial charge in [0, 0.05) is 36.4 Å². The summed E-state index contributed by atoms with van der Waals surface area (Å²) in [5, 5.41) is 2.69. The molecule has 0 radical (unpaired) electrons. The SMILES string of the molecule is CC(C)C(N)C(=O)OCC(C)(C)C(=O)SCCOP(=O)(NCc1ccccc1)O[C@@H]1C2[C@H](C)[C@H](n3ccc(=O)[nH]c3=O)O[C@@H]21. The topological polar surface area (TPSA) is 181 Å². The van der Waals surface area contributed by atoms with E-state index in [0.29, 0.717) is 0 Å². The standard InChI is InChI=1S/C29H41N4O9PS/c1-17(2)22(30)26(35)39-16-29(4,5)27(36)44-14-13-40-43(38,31-15-19-9-7-6-8-10-19)42-24-21-18(3)25(41-23(21)24)33-12-11-20(34)32-28(33)37/h6-12,17-18,21-25H,13-16,30H2,1-5H3,(H,31,38)(H,32,34,37)/t18-,21?,22?,23-,24+,25+,43?/m0/s1. The second-order valence-electron chi connectivity index (χ2n) is 12.1. The second kappa shape index (κ2) is 14.2. The van der Waals surface area contributed by atoms with Gasteiger partial charge in [0.25, 0.3) is 5.56 Å². The van der Waals surface area contributed by atoms with E-state index < -0.39 is 54.9 Å². The van der Waals surface area contributed by atoms with Gasteiger partial charge in [-0.1, -0.05) is 62.9 Å². The van der Waals surface area contributed by atoms with Crippen LogP contribution in [0.4, 0.5) is 0 Å². The van der Waals surface area contributed by atoms with Crippen molar-refractivity contribution in [3.8, 4) is 0 Å². The van der Waals surface area contributed by atoms with Crippen LogP contribution >= 0.6 is 19.5 Å². The van der Waals surface area contributed by atoms with Crippen LogP contribution in [-0.4, -0.2) is 57.9 Å². The number of esters is 1. The monoisotopic (exact) mass is 652 g/mol. The summed E-state index contributed by atoms with van der Waals surface area (Å²) in [6, 6.07) is 9.83. The van der Waals surface area contributed by atoms with Crippen molar-refractivity contribution in [1.29, 1.82) is 0 Å². The molecule has 1 saturated carbocycles. The Hall–Kier alpha value is -2.58. The number of hydrogen-bond donors (Lipinski definition) is 3. The van der Waals surface area contributed by atoms with Crippen molar-refractivity contribution in [2.45, 2.75) is 65.6 Å². The summed E-state index contributed by atoms with van der Waals surface area (Å²) in [5.41, 5.74) is 4.67. The molecule has 1 aromatic heterocycles. The lowest BCUT2D eigenvalue weighted by atomic mass is 9.97. The van der Waals surface area contributed by atoms with Gasteiger partial charge in [0.2, 0.25) is 0 Å². The zero-order valence-corrected chi connectivity index (χ0v) is 27.2. The summed E-state index contributed by atoms with van der Waals surface area (Å²) in [5.74, 6) is -0.776. The van der Waals surface area contributed by atoms with Gasteiger partial charge < -0.3 is 15.2 Å². The van der Waals surface area contributed by atoms with Crippen LogP contribution < -0.4 is 22.1 Å². The van der Waals surface area contributed by atoms with E-state index in [-0.39, 0.29) is 48.4 Å². The van der Waals surface area contributed by atoms with Gasteiger partial charge in [-0.3, -0.25) is 33.0 Å². The minimum atomic E-state index is -3.87. The van der Waals surface area contributed by atoms with Crippen LogP contribution in [0.2, 0.25) is 0 Å². The van der Waals surface area contributed by atoms with Crippen LogP contribution in [0.25, 0.3) is 0 Å². The van der Waals surface area contributed by atoms with Crippen molar-refractivity contribution in [2.75, 3.05) is 19.0 Å². The Morgan fingerprint density at radius 1 is 1.20 bits per heavy atom. The number of carbonyl (C=O) groups excluding carboxylic acids is 2. The van der Waals surface area contributed by atoms with Crippen LogP contribution in [0.3, 0.4) is 0 Å². The van der Waals surface area contributed by atoms with Crippen LogP contribution in [0.15, 0.2) is 52.2 Å². The summed E-state index contributed by atoms with van der Waals surface area (Å²) in [6.07, 6.45) is -0.150. The first-order chi connectivity index (χ1) is 20.7. The van der Waals surface area contributed by atoms with E-state index in [1.807, 2.05) is 51.1 Å². The highest BCUT2D eigenvalue weighted by atomic mass is 32.2. The summed E-state index contributed by atoms with van der Waals surface area (Å²) < 4.78 is 38.3. The minimum absolute atomic E-state index is 0.0581. The normalized spacial score (nSPS) is 24.8.